The monoisotopic (exact) mass is 249 g/mol. The Morgan fingerprint density at radius 2 is 2.25 bits per heavy atom. The minimum Gasteiger partial charge on any atom is -0.326 e. The van der Waals surface area contributed by atoms with E-state index in [1.165, 1.54) is 0 Å². The molecule has 0 heterocycles. The lowest BCUT2D eigenvalue weighted by molar-refractivity contribution is 0.563. The second-order valence-electron chi connectivity index (χ2n) is 2.21. The highest BCUT2D eigenvalue weighted by Gasteiger charge is 2.06. The Labute approximate surface area is 81.4 Å². The van der Waals surface area contributed by atoms with E-state index in [4.69, 9.17) is 10.3 Å². The van der Waals surface area contributed by atoms with Crippen LogP contribution in [0.4, 0.5) is 0 Å². The van der Waals surface area contributed by atoms with Crippen LogP contribution in [0.1, 0.15) is 5.56 Å². The van der Waals surface area contributed by atoms with Crippen LogP contribution in [-0.2, 0) is 17.6 Å². The summed E-state index contributed by atoms with van der Waals surface area (Å²) in [5.41, 5.74) is 6.08. The molecule has 1 rings (SSSR count). The first kappa shape index (κ1) is 9.85. The third-order valence-electron chi connectivity index (χ3n) is 1.43. The highest BCUT2D eigenvalue weighted by atomic mass is 79.9. The van der Waals surface area contributed by atoms with Crippen molar-refractivity contribution < 1.29 is 8.76 Å². The molecule has 12 heavy (non-hydrogen) atoms. The van der Waals surface area contributed by atoms with Gasteiger partial charge < -0.3 is 10.3 Å². The Morgan fingerprint density at radius 3 is 2.75 bits per heavy atom. The molecule has 66 valence electrons. The van der Waals surface area contributed by atoms with Gasteiger partial charge >= 0.3 is 0 Å². The quantitative estimate of drug-likeness (QED) is 0.781. The van der Waals surface area contributed by atoms with Gasteiger partial charge in [-0.3, -0.25) is 0 Å². The summed E-state index contributed by atoms with van der Waals surface area (Å²) in [5.74, 6) is 0. The lowest BCUT2D eigenvalue weighted by atomic mass is 10.2. The predicted molar refractivity (Wildman–Crippen MR) is 51.1 cm³/mol. The second kappa shape index (κ2) is 4.13. The van der Waals surface area contributed by atoms with Gasteiger partial charge in [-0.25, -0.2) is 4.21 Å². The molecule has 0 saturated heterocycles. The van der Waals surface area contributed by atoms with Crippen molar-refractivity contribution in [3.63, 3.8) is 0 Å². The molecule has 1 aromatic carbocycles. The molecule has 1 aromatic rings. The van der Waals surface area contributed by atoms with Crippen molar-refractivity contribution >= 4 is 27.0 Å². The van der Waals surface area contributed by atoms with Crippen molar-refractivity contribution in [1.82, 2.24) is 0 Å². The van der Waals surface area contributed by atoms with Crippen molar-refractivity contribution in [2.75, 3.05) is 0 Å². The van der Waals surface area contributed by atoms with Crippen LogP contribution >= 0.6 is 15.9 Å². The van der Waals surface area contributed by atoms with Crippen LogP contribution in [-0.4, -0.2) is 8.76 Å². The van der Waals surface area contributed by atoms with Crippen LogP contribution < -0.4 is 5.73 Å². The average Bonchev–Trinajstić information content (AvgIpc) is 2.03. The SMILES string of the molecule is NCc1cc(Br)ccc1S(=O)O. The zero-order valence-corrected chi connectivity index (χ0v) is 8.56. The minimum absolute atomic E-state index is 0.265. The fourth-order valence-electron chi connectivity index (χ4n) is 0.878. The van der Waals surface area contributed by atoms with E-state index in [9.17, 15) is 4.21 Å². The third-order valence-corrected chi connectivity index (χ3v) is 2.70. The first-order chi connectivity index (χ1) is 5.65. The van der Waals surface area contributed by atoms with E-state index in [1.807, 2.05) is 0 Å². The summed E-state index contributed by atoms with van der Waals surface area (Å²) in [6.45, 7) is 0.265. The van der Waals surface area contributed by atoms with Gasteiger partial charge in [-0.1, -0.05) is 15.9 Å². The lowest BCUT2D eigenvalue weighted by Crippen LogP contribution is -2.02. The molecule has 0 amide bonds. The Balaban J connectivity index is 3.20. The van der Waals surface area contributed by atoms with Crippen molar-refractivity contribution in [3.8, 4) is 0 Å². The van der Waals surface area contributed by atoms with Gasteiger partial charge in [0.05, 0.1) is 4.90 Å². The molecule has 0 saturated carbocycles. The molecule has 3 N–H and O–H groups in total. The number of nitrogens with two attached hydrogens (primary N) is 1. The topological polar surface area (TPSA) is 63.3 Å². The maximum absolute atomic E-state index is 10.7. The van der Waals surface area contributed by atoms with Gasteiger partial charge in [-0.2, -0.15) is 0 Å². The van der Waals surface area contributed by atoms with E-state index < -0.39 is 11.1 Å². The Kier molecular flexibility index (Phi) is 3.39. The molecule has 0 aromatic heterocycles. The molecule has 0 fully saturated rings. The van der Waals surface area contributed by atoms with Crippen molar-refractivity contribution in [2.24, 2.45) is 5.73 Å². The summed E-state index contributed by atoms with van der Waals surface area (Å²) in [5, 5.41) is 0. The van der Waals surface area contributed by atoms with E-state index in [0.29, 0.717) is 10.5 Å². The van der Waals surface area contributed by atoms with Gasteiger partial charge in [0, 0.05) is 11.0 Å². The molecule has 5 heteroatoms. The summed E-state index contributed by atoms with van der Waals surface area (Å²) in [6, 6.07) is 5.04. The molecule has 3 nitrogen and oxygen atoms in total. The molecular weight excluding hydrogens is 242 g/mol. The zero-order chi connectivity index (χ0) is 9.14. The van der Waals surface area contributed by atoms with Crippen molar-refractivity contribution in [1.29, 1.82) is 0 Å². The molecule has 0 radical (unpaired) electrons. The zero-order valence-electron chi connectivity index (χ0n) is 6.16. The second-order valence-corrected chi connectivity index (χ2v) is 4.06. The van der Waals surface area contributed by atoms with E-state index in [0.717, 1.165) is 4.47 Å². The number of benzene rings is 1. The van der Waals surface area contributed by atoms with Crippen LogP contribution in [0, 0.1) is 0 Å². The number of hydrogen-bond donors (Lipinski definition) is 2. The van der Waals surface area contributed by atoms with Crippen LogP contribution in [0.2, 0.25) is 0 Å². The van der Waals surface area contributed by atoms with Gasteiger partial charge in [0.1, 0.15) is 0 Å². The summed E-state index contributed by atoms with van der Waals surface area (Å²) < 4.78 is 20.4. The van der Waals surface area contributed by atoms with Gasteiger partial charge in [-0.15, -0.1) is 0 Å². The van der Waals surface area contributed by atoms with Gasteiger partial charge in [-0.05, 0) is 23.8 Å². The van der Waals surface area contributed by atoms with Gasteiger partial charge in [0.2, 0.25) is 0 Å². The smallest absolute Gasteiger partial charge is 0.186 e. The van der Waals surface area contributed by atoms with E-state index >= 15 is 0 Å². The van der Waals surface area contributed by atoms with Gasteiger partial charge in [0.25, 0.3) is 0 Å². The Bertz CT molecular complexity index is 316. The van der Waals surface area contributed by atoms with Crippen LogP contribution in [0.3, 0.4) is 0 Å². The Hall–Kier alpha value is -0.230. The van der Waals surface area contributed by atoms with E-state index in [1.54, 1.807) is 18.2 Å². The summed E-state index contributed by atoms with van der Waals surface area (Å²) in [4.78, 5) is 0.376. The largest absolute Gasteiger partial charge is 0.326 e. The predicted octanol–water partition coefficient (Wildman–Crippen LogP) is 1.49. The number of halogens is 1. The molecule has 1 unspecified atom stereocenters. The number of hydrogen-bond acceptors (Lipinski definition) is 2. The molecule has 0 bridgehead atoms. The number of rotatable bonds is 2. The standard InChI is InChI=1S/C7H8BrNO2S/c8-6-1-2-7(12(10)11)5(3-6)4-9/h1-3H,4,9H2,(H,10,11). The first-order valence-electron chi connectivity index (χ1n) is 3.24. The molecule has 1 atom stereocenters. The highest BCUT2D eigenvalue weighted by molar-refractivity contribution is 9.10. The van der Waals surface area contributed by atoms with Crippen LogP contribution in [0.25, 0.3) is 0 Å². The van der Waals surface area contributed by atoms with Crippen molar-refractivity contribution in [3.05, 3.63) is 28.2 Å². The molecule has 0 aliphatic rings. The van der Waals surface area contributed by atoms with Gasteiger partial charge in [0.15, 0.2) is 11.1 Å². The van der Waals surface area contributed by atoms with E-state index in [2.05, 4.69) is 15.9 Å². The average molecular weight is 250 g/mol. The maximum Gasteiger partial charge on any atom is 0.186 e. The van der Waals surface area contributed by atoms with E-state index in [-0.39, 0.29) is 6.54 Å². The summed E-state index contributed by atoms with van der Waals surface area (Å²) in [7, 11) is 0. The maximum atomic E-state index is 10.7. The fourth-order valence-corrected chi connectivity index (χ4v) is 1.84. The van der Waals surface area contributed by atoms with Crippen LogP contribution in [0.15, 0.2) is 27.6 Å². The van der Waals surface area contributed by atoms with Crippen molar-refractivity contribution in [2.45, 2.75) is 11.4 Å². The highest BCUT2D eigenvalue weighted by Crippen LogP contribution is 2.18. The first-order valence-corrected chi connectivity index (χ1v) is 5.14. The molecule has 0 aliphatic carbocycles. The fraction of sp³-hybridized carbons (Fsp3) is 0.143. The molecule has 0 aliphatic heterocycles. The molecule has 0 spiro atoms. The van der Waals surface area contributed by atoms with Crippen LogP contribution in [0.5, 0.6) is 0 Å². The Morgan fingerprint density at radius 1 is 1.58 bits per heavy atom. The third kappa shape index (κ3) is 2.13. The normalized spacial score (nSPS) is 12.9. The minimum atomic E-state index is -1.95. The molecular formula is C7H8BrNO2S. The summed E-state index contributed by atoms with van der Waals surface area (Å²) in [6.07, 6.45) is 0. The summed E-state index contributed by atoms with van der Waals surface area (Å²) >= 11 is 1.30. The lowest BCUT2D eigenvalue weighted by Gasteiger charge is -2.03.